The minimum Gasteiger partial charge on any atom is -0.397 e. The van der Waals surface area contributed by atoms with Gasteiger partial charge in [-0.05, 0) is 30.5 Å². The van der Waals surface area contributed by atoms with Crippen molar-refractivity contribution in [3.05, 3.63) is 30.5 Å². The van der Waals surface area contributed by atoms with Gasteiger partial charge < -0.3 is 5.73 Å². The number of aromatic nitrogens is 3. The van der Waals surface area contributed by atoms with Crippen molar-refractivity contribution >= 4 is 51.5 Å². The van der Waals surface area contributed by atoms with E-state index in [9.17, 15) is 0 Å². The summed E-state index contributed by atoms with van der Waals surface area (Å²) in [5.41, 5.74) is 7.85. The van der Waals surface area contributed by atoms with Gasteiger partial charge in [0.05, 0.1) is 11.2 Å². The van der Waals surface area contributed by atoms with E-state index in [1.165, 1.54) is 0 Å². The van der Waals surface area contributed by atoms with Gasteiger partial charge >= 0.3 is 0 Å². The molecule has 2 heterocycles. The SMILES string of the molecule is CSc1nnc(Sc2ccc3ncccc3c2N)s1. The molecule has 7 heteroatoms. The number of nitrogen functional groups attached to an aromatic ring is 1. The van der Waals surface area contributed by atoms with E-state index < -0.39 is 0 Å². The van der Waals surface area contributed by atoms with Crippen LogP contribution >= 0.6 is 34.9 Å². The zero-order valence-electron chi connectivity index (χ0n) is 10.0. The van der Waals surface area contributed by atoms with Crippen LogP contribution in [0.4, 0.5) is 5.69 Å². The Morgan fingerprint density at radius 1 is 1.16 bits per heavy atom. The highest BCUT2D eigenvalue weighted by atomic mass is 32.2. The highest BCUT2D eigenvalue weighted by molar-refractivity contribution is 8.03. The Hall–Kier alpha value is -1.31. The van der Waals surface area contributed by atoms with Crippen molar-refractivity contribution in [1.29, 1.82) is 0 Å². The number of hydrogen-bond acceptors (Lipinski definition) is 7. The van der Waals surface area contributed by atoms with E-state index in [0.29, 0.717) is 0 Å². The predicted molar refractivity (Wildman–Crippen MR) is 82.0 cm³/mol. The van der Waals surface area contributed by atoms with Gasteiger partial charge in [-0.3, -0.25) is 4.98 Å². The number of nitrogens with zero attached hydrogens (tertiary/aromatic N) is 3. The highest BCUT2D eigenvalue weighted by Gasteiger charge is 2.10. The number of fused-ring (bicyclic) bond motifs is 1. The summed E-state index contributed by atoms with van der Waals surface area (Å²) in [6.07, 6.45) is 3.76. The number of benzene rings is 1. The van der Waals surface area contributed by atoms with Gasteiger partial charge in [-0.15, -0.1) is 10.2 Å². The summed E-state index contributed by atoms with van der Waals surface area (Å²) in [5, 5.41) is 9.20. The van der Waals surface area contributed by atoms with Gasteiger partial charge in [-0.25, -0.2) is 0 Å². The van der Waals surface area contributed by atoms with Gasteiger partial charge in [0, 0.05) is 16.5 Å². The standard InChI is InChI=1S/C12H10N4S3/c1-17-11-15-16-12(19-11)18-9-5-4-8-7(10(9)13)3-2-6-14-8/h2-6H,13H2,1H3. The predicted octanol–water partition coefficient (Wildman–Crippen LogP) is 3.54. The van der Waals surface area contributed by atoms with Gasteiger partial charge in [-0.1, -0.05) is 34.9 Å². The minimum atomic E-state index is 0.747. The fourth-order valence-corrected chi connectivity index (χ4v) is 4.12. The largest absolute Gasteiger partial charge is 0.397 e. The van der Waals surface area contributed by atoms with Crippen molar-refractivity contribution in [2.75, 3.05) is 12.0 Å². The Bertz CT molecular complexity index is 726. The molecule has 0 aliphatic carbocycles. The van der Waals surface area contributed by atoms with Crippen LogP contribution in [0.25, 0.3) is 10.9 Å². The molecule has 3 aromatic rings. The van der Waals surface area contributed by atoms with E-state index in [1.54, 1.807) is 41.1 Å². The third-order valence-electron chi connectivity index (χ3n) is 2.55. The zero-order chi connectivity index (χ0) is 13.2. The summed E-state index contributed by atoms with van der Waals surface area (Å²) in [6, 6.07) is 7.83. The summed E-state index contributed by atoms with van der Waals surface area (Å²) in [5.74, 6) is 0. The number of rotatable bonds is 3. The minimum absolute atomic E-state index is 0.747. The molecule has 0 spiro atoms. The Morgan fingerprint density at radius 3 is 2.79 bits per heavy atom. The van der Waals surface area contributed by atoms with Gasteiger partial charge in [-0.2, -0.15) is 0 Å². The molecular formula is C12H10N4S3. The monoisotopic (exact) mass is 306 g/mol. The van der Waals surface area contributed by atoms with Crippen molar-refractivity contribution in [3.63, 3.8) is 0 Å². The summed E-state index contributed by atoms with van der Waals surface area (Å²) < 4.78 is 1.86. The molecule has 96 valence electrons. The van der Waals surface area contributed by atoms with Crippen molar-refractivity contribution in [3.8, 4) is 0 Å². The Morgan fingerprint density at radius 2 is 2.00 bits per heavy atom. The molecule has 0 fully saturated rings. The second-order valence-corrected chi connectivity index (χ2v) is 7.01. The lowest BCUT2D eigenvalue weighted by Gasteiger charge is -2.06. The third kappa shape index (κ3) is 2.54. The molecule has 0 amide bonds. The molecule has 0 radical (unpaired) electrons. The molecular weight excluding hydrogens is 296 g/mol. The van der Waals surface area contributed by atoms with Crippen LogP contribution in [-0.4, -0.2) is 21.4 Å². The quantitative estimate of drug-likeness (QED) is 0.590. The van der Waals surface area contributed by atoms with E-state index in [0.717, 1.165) is 30.2 Å². The molecule has 3 rings (SSSR count). The summed E-state index contributed by atoms with van der Waals surface area (Å²) >= 11 is 4.72. The number of hydrogen-bond donors (Lipinski definition) is 1. The van der Waals surface area contributed by atoms with Gasteiger partial charge in [0.2, 0.25) is 0 Å². The van der Waals surface area contributed by atoms with E-state index in [-0.39, 0.29) is 0 Å². The first-order chi connectivity index (χ1) is 9.28. The average Bonchev–Trinajstić information content (AvgIpc) is 2.90. The van der Waals surface area contributed by atoms with Crippen LogP contribution < -0.4 is 5.73 Å². The highest BCUT2D eigenvalue weighted by Crippen LogP contribution is 2.38. The Balaban J connectivity index is 1.98. The molecule has 4 nitrogen and oxygen atoms in total. The maximum absolute atomic E-state index is 6.20. The number of pyridine rings is 1. The van der Waals surface area contributed by atoms with Crippen LogP contribution in [0.3, 0.4) is 0 Å². The topological polar surface area (TPSA) is 64.7 Å². The zero-order valence-corrected chi connectivity index (χ0v) is 12.5. The Labute approximate surface area is 122 Å². The smallest absolute Gasteiger partial charge is 0.179 e. The maximum atomic E-state index is 6.20. The first-order valence-corrected chi connectivity index (χ1v) is 8.32. The van der Waals surface area contributed by atoms with Crippen LogP contribution in [-0.2, 0) is 0 Å². The first-order valence-electron chi connectivity index (χ1n) is 5.46. The summed E-state index contributed by atoms with van der Waals surface area (Å²) in [6.45, 7) is 0. The molecule has 0 bridgehead atoms. The van der Waals surface area contributed by atoms with Crippen LogP contribution in [0, 0.1) is 0 Å². The lowest BCUT2D eigenvalue weighted by molar-refractivity contribution is 0.956. The number of anilines is 1. The molecule has 19 heavy (non-hydrogen) atoms. The van der Waals surface area contributed by atoms with E-state index in [2.05, 4.69) is 15.2 Å². The lowest BCUT2D eigenvalue weighted by Crippen LogP contribution is -1.91. The molecule has 0 atom stereocenters. The summed E-state index contributed by atoms with van der Waals surface area (Å²) in [7, 11) is 0. The van der Waals surface area contributed by atoms with Gasteiger partial charge in [0.15, 0.2) is 8.68 Å². The molecule has 0 saturated carbocycles. The van der Waals surface area contributed by atoms with Crippen molar-refractivity contribution in [2.24, 2.45) is 0 Å². The van der Waals surface area contributed by atoms with Crippen molar-refractivity contribution < 1.29 is 0 Å². The van der Waals surface area contributed by atoms with Gasteiger partial charge in [0.1, 0.15) is 0 Å². The second kappa shape index (κ2) is 5.36. The molecule has 2 N–H and O–H groups in total. The lowest BCUT2D eigenvalue weighted by atomic mass is 10.2. The molecule has 1 aromatic carbocycles. The Kier molecular flexibility index (Phi) is 3.58. The first kappa shape index (κ1) is 12.7. The maximum Gasteiger partial charge on any atom is 0.179 e. The normalized spacial score (nSPS) is 11.0. The summed E-state index contributed by atoms with van der Waals surface area (Å²) in [4.78, 5) is 5.28. The van der Waals surface area contributed by atoms with E-state index in [1.807, 2.05) is 30.5 Å². The molecule has 0 saturated heterocycles. The van der Waals surface area contributed by atoms with Crippen LogP contribution in [0.2, 0.25) is 0 Å². The van der Waals surface area contributed by atoms with Crippen molar-refractivity contribution in [2.45, 2.75) is 13.6 Å². The van der Waals surface area contributed by atoms with Crippen LogP contribution in [0.5, 0.6) is 0 Å². The van der Waals surface area contributed by atoms with E-state index in [4.69, 9.17) is 5.73 Å². The average molecular weight is 306 g/mol. The second-order valence-electron chi connectivity index (χ2n) is 3.69. The molecule has 0 aliphatic heterocycles. The van der Waals surface area contributed by atoms with Crippen LogP contribution in [0.15, 0.2) is 44.0 Å². The number of thioether (sulfide) groups is 1. The van der Waals surface area contributed by atoms with E-state index >= 15 is 0 Å². The fraction of sp³-hybridized carbons (Fsp3) is 0.0833. The van der Waals surface area contributed by atoms with Gasteiger partial charge in [0.25, 0.3) is 0 Å². The fourth-order valence-electron chi connectivity index (χ4n) is 1.66. The van der Waals surface area contributed by atoms with Crippen LogP contribution in [0.1, 0.15) is 0 Å². The third-order valence-corrected chi connectivity index (χ3v) is 5.57. The molecule has 2 aromatic heterocycles. The molecule has 0 aliphatic rings. The molecule has 0 unspecified atom stereocenters. The van der Waals surface area contributed by atoms with Crippen molar-refractivity contribution in [1.82, 2.24) is 15.2 Å². The number of nitrogens with two attached hydrogens (primary N) is 1.